The predicted octanol–water partition coefficient (Wildman–Crippen LogP) is 3.53. The summed E-state index contributed by atoms with van der Waals surface area (Å²) in [5.41, 5.74) is 3.24. The van der Waals surface area contributed by atoms with E-state index in [0.717, 1.165) is 28.2 Å². The van der Waals surface area contributed by atoms with E-state index in [-0.39, 0.29) is 18.9 Å². The number of ether oxygens (including phenoxy) is 1. The van der Waals surface area contributed by atoms with Crippen molar-refractivity contribution >= 4 is 11.9 Å². The SMILES string of the molecule is Cc1cc(C)cc(Oc2ccc(CN3CC(C(=O)O)CC3=O)cc2)c1. The number of carboxylic acids is 1. The minimum absolute atomic E-state index is 0.0865. The number of benzene rings is 2. The van der Waals surface area contributed by atoms with Crippen molar-refractivity contribution in [3.8, 4) is 11.5 Å². The Labute approximate surface area is 146 Å². The van der Waals surface area contributed by atoms with Crippen LogP contribution in [0, 0.1) is 19.8 Å². The highest BCUT2D eigenvalue weighted by molar-refractivity contribution is 5.86. The topological polar surface area (TPSA) is 66.8 Å². The highest BCUT2D eigenvalue weighted by Crippen LogP contribution is 2.25. The highest BCUT2D eigenvalue weighted by Gasteiger charge is 2.33. The lowest BCUT2D eigenvalue weighted by Gasteiger charge is -2.16. The number of carbonyl (C=O) groups excluding carboxylic acids is 1. The summed E-state index contributed by atoms with van der Waals surface area (Å²) in [7, 11) is 0. The molecule has 5 nitrogen and oxygen atoms in total. The molecule has 3 rings (SSSR count). The lowest BCUT2D eigenvalue weighted by atomic mass is 10.1. The maximum atomic E-state index is 11.9. The molecule has 1 atom stereocenters. The molecule has 0 aliphatic carbocycles. The molecule has 1 unspecified atom stereocenters. The van der Waals surface area contributed by atoms with Crippen molar-refractivity contribution in [2.24, 2.45) is 5.92 Å². The number of hydrogen-bond donors (Lipinski definition) is 1. The van der Waals surface area contributed by atoms with Gasteiger partial charge in [-0.05, 0) is 54.8 Å². The fraction of sp³-hybridized carbons (Fsp3) is 0.300. The molecule has 1 heterocycles. The zero-order valence-electron chi connectivity index (χ0n) is 14.4. The highest BCUT2D eigenvalue weighted by atomic mass is 16.5. The first kappa shape index (κ1) is 17.0. The number of likely N-dealkylation sites (tertiary alicyclic amines) is 1. The average Bonchev–Trinajstić information content (AvgIpc) is 2.89. The molecule has 0 radical (unpaired) electrons. The molecule has 1 aliphatic heterocycles. The van der Waals surface area contributed by atoms with Crippen LogP contribution in [-0.4, -0.2) is 28.4 Å². The number of carbonyl (C=O) groups is 2. The van der Waals surface area contributed by atoms with E-state index in [9.17, 15) is 9.59 Å². The second-order valence-corrected chi connectivity index (χ2v) is 6.58. The van der Waals surface area contributed by atoms with Crippen LogP contribution in [-0.2, 0) is 16.1 Å². The zero-order valence-corrected chi connectivity index (χ0v) is 14.4. The summed E-state index contributed by atoms with van der Waals surface area (Å²) >= 11 is 0. The van der Waals surface area contributed by atoms with Gasteiger partial charge in [-0.3, -0.25) is 9.59 Å². The Morgan fingerprint density at radius 1 is 1.12 bits per heavy atom. The van der Waals surface area contributed by atoms with Crippen molar-refractivity contribution in [3.63, 3.8) is 0 Å². The third kappa shape index (κ3) is 4.18. The number of nitrogens with zero attached hydrogens (tertiary/aromatic N) is 1. The van der Waals surface area contributed by atoms with Crippen molar-refractivity contribution in [3.05, 3.63) is 59.2 Å². The Morgan fingerprint density at radius 3 is 2.32 bits per heavy atom. The summed E-state index contributed by atoms with van der Waals surface area (Å²) in [5, 5.41) is 9.03. The van der Waals surface area contributed by atoms with Crippen LogP contribution in [0.15, 0.2) is 42.5 Å². The number of carboxylic acid groups (broad SMARTS) is 1. The standard InChI is InChI=1S/C20H21NO4/c1-13-7-14(2)9-18(8-13)25-17-5-3-15(4-6-17)11-21-12-16(20(23)24)10-19(21)22/h3-9,16H,10-12H2,1-2H3,(H,23,24). The van der Waals surface area contributed by atoms with Crippen LogP contribution in [0.2, 0.25) is 0 Å². The molecule has 130 valence electrons. The number of amides is 1. The summed E-state index contributed by atoms with van der Waals surface area (Å²) in [6, 6.07) is 13.6. The largest absolute Gasteiger partial charge is 0.481 e. The van der Waals surface area contributed by atoms with E-state index in [0.29, 0.717) is 6.54 Å². The smallest absolute Gasteiger partial charge is 0.308 e. The van der Waals surface area contributed by atoms with Crippen molar-refractivity contribution in [2.75, 3.05) is 6.54 Å². The normalized spacial score (nSPS) is 17.0. The van der Waals surface area contributed by atoms with E-state index in [1.807, 2.05) is 50.2 Å². The van der Waals surface area contributed by atoms with Crippen molar-refractivity contribution in [1.82, 2.24) is 4.90 Å². The molecular formula is C20H21NO4. The summed E-state index contributed by atoms with van der Waals surface area (Å²) in [6.45, 7) is 4.75. The average molecular weight is 339 g/mol. The summed E-state index contributed by atoms with van der Waals surface area (Å²) in [4.78, 5) is 24.5. The Hall–Kier alpha value is -2.82. The van der Waals surface area contributed by atoms with E-state index in [2.05, 4.69) is 6.07 Å². The molecule has 25 heavy (non-hydrogen) atoms. The van der Waals surface area contributed by atoms with E-state index in [4.69, 9.17) is 9.84 Å². The second-order valence-electron chi connectivity index (χ2n) is 6.58. The van der Waals surface area contributed by atoms with Crippen LogP contribution < -0.4 is 4.74 Å². The zero-order chi connectivity index (χ0) is 18.0. The van der Waals surface area contributed by atoms with Gasteiger partial charge in [0.1, 0.15) is 11.5 Å². The molecule has 1 fully saturated rings. The molecule has 2 aromatic carbocycles. The Bertz CT molecular complexity index is 778. The van der Waals surface area contributed by atoms with Gasteiger partial charge in [-0.2, -0.15) is 0 Å². The molecule has 0 aromatic heterocycles. The fourth-order valence-corrected chi connectivity index (χ4v) is 3.10. The van der Waals surface area contributed by atoms with Crippen LogP contribution >= 0.6 is 0 Å². The molecule has 1 N–H and O–H groups in total. The quantitative estimate of drug-likeness (QED) is 0.905. The van der Waals surface area contributed by atoms with E-state index in [1.165, 1.54) is 0 Å². The minimum atomic E-state index is -0.909. The third-order valence-corrected chi connectivity index (χ3v) is 4.29. The molecule has 1 amide bonds. The van der Waals surface area contributed by atoms with Gasteiger partial charge in [0.2, 0.25) is 5.91 Å². The third-order valence-electron chi connectivity index (χ3n) is 4.29. The first-order valence-electron chi connectivity index (χ1n) is 8.26. The van der Waals surface area contributed by atoms with Gasteiger partial charge in [-0.1, -0.05) is 18.2 Å². The van der Waals surface area contributed by atoms with E-state index >= 15 is 0 Å². The maximum Gasteiger partial charge on any atom is 0.308 e. The van der Waals surface area contributed by atoms with Gasteiger partial charge < -0.3 is 14.7 Å². The van der Waals surface area contributed by atoms with Crippen LogP contribution in [0.4, 0.5) is 0 Å². The minimum Gasteiger partial charge on any atom is -0.481 e. The van der Waals surface area contributed by atoms with Crippen LogP contribution in [0.3, 0.4) is 0 Å². The van der Waals surface area contributed by atoms with Crippen molar-refractivity contribution in [1.29, 1.82) is 0 Å². The first-order chi connectivity index (χ1) is 11.9. The molecule has 1 aliphatic rings. The summed E-state index contributed by atoms with van der Waals surface area (Å²) < 4.78 is 5.88. The van der Waals surface area contributed by atoms with Crippen LogP contribution in [0.1, 0.15) is 23.1 Å². The van der Waals surface area contributed by atoms with E-state index in [1.54, 1.807) is 4.90 Å². The van der Waals surface area contributed by atoms with Gasteiger partial charge in [0, 0.05) is 19.5 Å². The lowest BCUT2D eigenvalue weighted by Crippen LogP contribution is -2.25. The van der Waals surface area contributed by atoms with E-state index < -0.39 is 11.9 Å². The maximum absolute atomic E-state index is 11.9. The van der Waals surface area contributed by atoms with Crippen molar-refractivity contribution < 1.29 is 19.4 Å². The van der Waals surface area contributed by atoms with Crippen molar-refractivity contribution in [2.45, 2.75) is 26.8 Å². The van der Waals surface area contributed by atoms with Gasteiger partial charge >= 0.3 is 5.97 Å². The monoisotopic (exact) mass is 339 g/mol. The van der Waals surface area contributed by atoms with Crippen LogP contribution in [0.5, 0.6) is 11.5 Å². The first-order valence-corrected chi connectivity index (χ1v) is 8.26. The number of aliphatic carboxylic acids is 1. The number of hydrogen-bond acceptors (Lipinski definition) is 3. The molecular weight excluding hydrogens is 318 g/mol. The van der Waals surface area contributed by atoms with Crippen LogP contribution in [0.25, 0.3) is 0 Å². The van der Waals surface area contributed by atoms with Gasteiger partial charge in [-0.25, -0.2) is 0 Å². The molecule has 0 spiro atoms. The Morgan fingerprint density at radius 2 is 1.76 bits per heavy atom. The molecule has 2 aromatic rings. The Balaban J connectivity index is 1.64. The van der Waals surface area contributed by atoms with Gasteiger partial charge in [0.25, 0.3) is 0 Å². The summed E-state index contributed by atoms with van der Waals surface area (Å²) in [6.07, 6.45) is 0.0865. The van der Waals surface area contributed by atoms with Gasteiger partial charge in [0.05, 0.1) is 5.92 Å². The lowest BCUT2D eigenvalue weighted by molar-refractivity contribution is -0.141. The molecule has 0 saturated carbocycles. The predicted molar refractivity (Wildman–Crippen MR) is 93.6 cm³/mol. The molecule has 5 heteroatoms. The fourth-order valence-electron chi connectivity index (χ4n) is 3.10. The molecule has 0 bridgehead atoms. The Kier molecular flexibility index (Phi) is 4.74. The summed E-state index contributed by atoms with van der Waals surface area (Å²) in [5.74, 6) is -0.0927. The number of rotatable bonds is 5. The van der Waals surface area contributed by atoms with Gasteiger partial charge in [0.15, 0.2) is 0 Å². The second kappa shape index (κ2) is 6.97. The number of aryl methyl sites for hydroxylation is 2. The molecule has 1 saturated heterocycles. The van der Waals surface area contributed by atoms with Gasteiger partial charge in [-0.15, -0.1) is 0 Å².